The van der Waals surface area contributed by atoms with E-state index in [4.69, 9.17) is 5.11 Å². The molecule has 1 unspecified atom stereocenters. The van der Waals surface area contributed by atoms with Crippen LogP contribution in [0.1, 0.15) is 28.8 Å². The van der Waals surface area contributed by atoms with Crippen LogP contribution >= 0.6 is 11.3 Å². The quantitative estimate of drug-likeness (QED) is 0.766. The summed E-state index contributed by atoms with van der Waals surface area (Å²) < 4.78 is 23.1. The number of carbonyl (C=O) groups excluding carboxylic acids is 1. The third-order valence-corrected chi connectivity index (χ3v) is 6.30. The third-order valence-electron chi connectivity index (χ3n) is 3.64. The highest BCUT2D eigenvalue weighted by Crippen LogP contribution is 2.17. The minimum absolute atomic E-state index is 0.00248. The monoisotopic (exact) mass is 361 g/mol. The third kappa shape index (κ3) is 4.64. The van der Waals surface area contributed by atoms with Gasteiger partial charge in [-0.2, -0.15) is 0 Å². The van der Waals surface area contributed by atoms with Crippen LogP contribution in [0.5, 0.6) is 0 Å². The van der Waals surface area contributed by atoms with Crippen molar-refractivity contribution in [2.45, 2.75) is 25.8 Å². The maximum atomic E-state index is 12.2. The number of urea groups is 1. The molecule has 8 nitrogen and oxygen atoms in total. The van der Waals surface area contributed by atoms with Gasteiger partial charge in [0.25, 0.3) is 0 Å². The summed E-state index contributed by atoms with van der Waals surface area (Å²) in [7, 11) is -3.04. The molecule has 23 heavy (non-hydrogen) atoms. The SMILES string of the molecule is CCN(C(=O)NCCc1nc(C(=O)O)cs1)C1CCS(=O)(=O)C1. The Morgan fingerprint density at radius 2 is 2.26 bits per heavy atom. The highest BCUT2D eigenvalue weighted by Gasteiger charge is 2.33. The Labute approximate surface area is 138 Å². The Bertz CT molecular complexity index is 686. The number of thiazole rings is 1. The smallest absolute Gasteiger partial charge is 0.355 e. The molecular weight excluding hydrogens is 342 g/mol. The zero-order chi connectivity index (χ0) is 17.0. The van der Waals surface area contributed by atoms with Gasteiger partial charge in [-0.25, -0.2) is 23.0 Å². The second-order valence-electron chi connectivity index (χ2n) is 5.26. The predicted molar refractivity (Wildman–Crippen MR) is 85.6 cm³/mol. The summed E-state index contributed by atoms with van der Waals surface area (Å²) in [6.45, 7) is 2.57. The molecule has 1 aliphatic heterocycles. The van der Waals surface area contributed by atoms with Crippen molar-refractivity contribution in [1.82, 2.24) is 15.2 Å². The van der Waals surface area contributed by atoms with Gasteiger partial charge in [-0.1, -0.05) is 0 Å². The summed E-state index contributed by atoms with van der Waals surface area (Å²) in [5.41, 5.74) is 0.00248. The van der Waals surface area contributed by atoms with Crippen LogP contribution < -0.4 is 5.32 Å². The van der Waals surface area contributed by atoms with Crippen molar-refractivity contribution in [3.05, 3.63) is 16.1 Å². The molecule has 128 valence electrons. The topological polar surface area (TPSA) is 117 Å². The summed E-state index contributed by atoms with van der Waals surface area (Å²) >= 11 is 1.23. The van der Waals surface area contributed by atoms with E-state index in [9.17, 15) is 18.0 Å². The molecule has 0 aromatic carbocycles. The van der Waals surface area contributed by atoms with Crippen molar-refractivity contribution in [2.75, 3.05) is 24.6 Å². The van der Waals surface area contributed by atoms with Gasteiger partial charge in [0.1, 0.15) is 0 Å². The number of nitrogens with one attached hydrogen (secondary N) is 1. The number of rotatable bonds is 6. The fraction of sp³-hybridized carbons (Fsp3) is 0.615. The van der Waals surface area contributed by atoms with Crippen LogP contribution in [0.4, 0.5) is 4.79 Å². The zero-order valence-electron chi connectivity index (χ0n) is 12.7. The first-order valence-corrected chi connectivity index (χ1v) is 9.95. The van der Waals surface area contributed by atoms with E-state index in [0.29, 0.717) is 30.9 Å². The summed E-state index contributed by atoms with van der Waals surface area (Å²) in [6, 6.07) is -0.576. The number of hydrogen-bond acceptors (Lipinski definition) is 6. The van der Waals surface area contributed by atoms with Crippen molar-refractivity contribution in [3.63, 3.8) is 0 Å². The number of amides is 2. The molecule has 10 heteroatoms. The first kappa shape index (κ1) is 17.7. The summed E-state index contributed by atoms with van der Waals surface area (Å²) in [6.07, 6.45) is 0.905. The molecule has 0 spiro atoms. The van der Waals surface area contributed by atoms with Crippen molar-refractivity contribution in [3.8, 4) is 0 Å². The highest BCUT2D eigenvalue weighted by atomic mass is 32.2. The lowest BCUT2D eigenvalue weighted by molar-refractivity contribution is 0.0691. The molecule has 1 saturated heterocycles. The molecule has 1 aromatic rings. The van der Waals surface area contributed by atoms with Crippen LogP contribution in [0.25, 0.3) is 0 Å². The van der Waals surface area contributed by atoms with Gasteiger partial charge in [0, 0.05) is 30.9 Å². The molecule has 1 atom stereocenters. The standard InChI is InChI=1S/C13H19N3O5S2/c1-2-16(9-4-6-23(20,21)8-9)13(19)14-5-3-11-15-10(7-22-11)12(17)18/h7,9H,2-6,8H2,1H3,(H,14,19)(H,17,18). The predicted octanol–water partition coefficient (Wildman–Crippen LogP) is 0.602. The van der Waals surface area contributed by atoms with Gasteiger partial charge in [0.15, 0.2) is 15.5 Å². The number of hydrogen-bond donors (Lipinski definition) is 2. The fourth-order valence-electron chi connectivity index (χ4n) is 2.49. The molecule has 1 aromatic heterocycles. The Morgan fingerprint density at radius 1 is 1.52 bits per heavy atom. The maximum absolute atomic E-state index is 12.2. The molecule has 1 fully saturated rings. The molecule has 2 heterocycles. The Balaban J connectivity index is 1.84. The summed E-state index contributed by atoms with van der Waals surface area (Å²) in [4.78, 5) is 28.4. The van der Waals surface area contributed by atoms with Crippen LogP contribution in [0.15, 0.2) is 5.38 Å². The normalized spacial score (nSPS) is 19.4. The molecule has 0 bridgehead atoms. The number of carboxylic acids is 1. The van der Waals surface area contributed by atoms with E-state index in [2.05, 4.69) is 10.3 Å². The second kappa shape index (κ2) is 7.26. The van der Waals surface area contributed by atoms with Gasteiger partial charge in [-0.3, -0.25) is 0 Å². The van der Waals surface area contributed by atoms with Crippen LogP contribution in [-0.2, 0) is 16.3 Å². The summed E-state index contributed by atoms with van der Waals surface area (Å²) in [5.74, 6) is -0.933. The van der Waals surface area contributed by atoms with E-state index >= 15 is 0 Å². The molecule has 0 radical (unpaired) electrons. The van der Waals surface area contributed by atoms with E-state index in [-0.39, 0.29) is 29.3 Å². The zero-order valence-corrected chi connectivity index (χ0v) is 14.3. The number of aromatic nitrogens is 1. The maximum Gasteiger partial charge on any atom is 0.355 e. The number of carbonyl (C=O) groups is 2. The van der Waals surface area contributed by atoms with Crippen molar-refractivity contribution in [1.29, 1.82) is 0 Å². The van der Waals surface area contributed by atoms with Gasteiger partial charge in [0.2, 0.25) is 0 Å². The Morgan fingerprint density at radius 3 is 2.78 bits per heavy atom. The number of nitrogens with zero attached hydrogens (tertiary/aromatic N) is 2. The van der Waals surface area contributed by atoms with Crippen molar-refractivity contribution < 1.29 is 23.1 Å². The van der Waals surface area contributed by atoms with E-state index in [1.54, 1.807) is 0 Å². The van der Waals surface area contributed by atoms with Gasteiger partial charge >= 0.3 is 12.0 Å². The lowest BCUT2D eigenvalue weighted by atomic mass is 10.2. The first-order valence-electron chi connectivity index (χ1n) is 7.25. The average molecular weight is 361 g/mol. The minimum Gasteiger partial charge on any atom is -0.476 e. The summed E-state index contributed by atoms with van der Waals surface area (Å²) in [5, 5.41) is 13.6. The van der Waals surface area contributed by atoms with Gasteiger partial charge < -0.3 is 15.3 Å². The fourth-order valence-corrected chi connectivity index (χ4v) is 4.99. The lowest BCUT2D eigenvalue weighted by Crippen LogP contribution is -2.47. The average Bonchev–Trinajstić information content (AvgIpc) is 3.07. The number of aromatic carboxylic acids is 1. The van der Waals surface area contributed by atoms with E-state index in [0.717, 1.165) is 0 Å². The molecule has 2 rings (SSSR count). The Kier molecular flexibility index (Phi) is 5.58. The number of sulfone groups is 1. The largest absolute Gasteiger partial charge is 0.476 e. The van der Waals surface area contributed by atoms with Crippen LogP contribution in [0, 0.1) is 0 Å². The Hall–Kier alpha value is -1.68. The van der Waals surface area contributed by atoms with E-state index < -0.39 is 15.8 Å². The van der Waals surface area contributed by atoms with E-state index in [1.165, 1.54) is 21.6 Å². The van der Waals surface area contributed by atoms with Gasteiger partial charge in [-0.15, -0.1) is 11.3 Å². The highest BCUT2D eigenvalue weighted by molar-refractivity contribution is 7.91. The molecule has 0 saturated carbocycles. The van der Waals surface area contributed by atoms with Gasteiger partial charge in [0.05, 0.1) is 16.5 Å². The van der Waals surface area contributed by atoms with Crippen LogP contribution in [0.2, 0.25) is 0 Å². The molecule has 1 aliphatic rings. The minimum atomic E-state index is -3.04. The van der Waals surface area contributed by atoms with Gasteiger partial charge in [-0.05, 0) is 13.3 Å². The second-order valence-corrected chi connectivity index (χ2v) is 8.43. The lowest BCUT2D eigenvalue weighted by Gasteiger charge is -2.26. The molecular formula is C13H19N3O5S2. The van der Waals surface area contributed by atoms with Crippen LogP contribution in [0.3, 0.4) is 0 Å². The van der Waals surface area contributed by atoms with E-state index in [1.807, 2.05) is 6.92 Å². The van der Waals surface area contributed by atoms with Crippen molar-refractivity contribution >= 4 is 33.2 Å². The van der Waals surface area contributed by atoms with Crippen LogP contribution in [-0.4, -0.2) is 66.0 Å². The first-order chi connectivity index (χ1) is 10.8. The van der Waals surface area contributed by atoms with Crippen molar-refractivity contribution in [2.24, 2.45) is 0 Å². The molecule has 0 aliphatic carbocycles. The molecule has 2 N–H and O–H groups in total. The number of carboxylic acid groups (broad SMARTS) is 1. The molecule has 2 amide bonds.